The summed E-state index contributed by atoms with van der Waals surface area (Å²) in [6.45, 7) is 4.92. The average molecular weight is 829 g/mol. The van der Waals surface area contributed by atoms with E-state index in [1.165, 1.54) is 26.6 Å². The monoisotopic (exact) mass is 828 g/mol. The predicted molar refractivity (Wildman–Crippen MR) is 238 cm³/mol. The van der Waals surface area contributed by atoms with Crippen molar-refractivity contribution in [3.63, 3.8) is 0 Å². The second-order valence-electron chi connectivity index (χ2n) is 14.2. The molecule has 13 nitrogen and oxygen atoms in total. The molecule has 0 radical (unpaired) electrons. The number of amides is 2. The van der Waals surface area contributed by atoms with Gasteiger partial charge in [0.05, 0.1) is 32.5 Å². The van der Waals surface area contributed by atoms with Crippen molar-refractivity contribution in [2.75, 3.05) is 32.0 Å². The molecule has 0 bridgehead atoms. The largest absolute Gasteiger partial charge is 0.497 e. The molecule has 0 aliphatic rings. The Labute approximate surface area is 357 Å². The van der Waals surface area contributed by atoms with Crippen LogP contribution in [0.4, 0.5) is 11.4 Å². The number of aromatic nitrogens is 4. The Morgan fingerprint density at radius 1 is 0.516 bits per heavy atom. The molecule has 0 atom stereocenters. The van der Waals surface area contributed by atoms with Gasteiger partial charge < -0.3 is 34.0 Å². The predicted octanol–water partition coefficient (Wildman–Crippen LogP) is 8.45. The van der Waals surface area contributed by atoms with Gasteiger partial charge in [0.1, 0.15) is 5.75 Å². The normalized spacial score (nSPS) is 10.7. The summed E-state index contributed by atoms with van der Waals surface area (Å²) in [6.07, 6.45) is 3.01. The molecule has 0 fully saturated rings. The van der Waals surface area contributed by atoms with Crippen LogP contribution in [0.2, 0.25) is 0 Å². The number of anilines is 2. The van der Waals surface area contributed by atoms with Crippen molar-refractivity contribution in [3.8, 4) is 17.5 Å². The van der Waals surface area contributed by atoms with Crippen LogP contribution in [0.15, 0.2) is 140 Å². The van der Waals surface area contributed by atoms with Crippen LogP contribution in [0.3, 0.4) is 0 Å². The topological polar surface area (TPSA) is 156 Å². The summed E-state index contributed by atoms with van der Waals surface area (Å²) in [7, 11) is 4.54. The van der Waals surface area contributed by atoms with E-state index in [0.717, 1.165) is 33.2 Å². The summed E-state index contributed by atoms with van der Waals surface area (Å²) in [5.74, 6) is -1.32. The van der Waals surface area contributed by atoms with Crippen molar-refractivity contribution in [1.29, 1.82) is 0 Å². The molecule has 4 aromatic heterocycles. The number of hydrogen-bond donors (Lipinski definition) is 2. The smallest absolute Gasteiger partial charge is 0.296 e. The lowest BCUT2D eigenvalue weighted by Crippen LogP contribution is -2.23. The van der Waals surface area contributed by atoms with Gasteiger partial charge >= 0.3 is 0 Å². The molecule has 13 heteroatoms. The lowest BCUT2D eigenvalue weighted by molar-refractivity contribution is -0.113. The highest BCUT2D eigenvalue weighted by molar-refractivity contribution is 6.49. The molecule has 2 amide bonds. The van der Waals surface area contributed by atoms with E-state index >= 15 is 0 Å². The van der Waals surface area contributed by atoms with E-state index in [2.05, 4.69) is 25.2 Å². The van der Waals surface area contributed by atoms with Gasteiger partial charge in [0.2, 0.25) is 11.8 Å². The first-order chi connectivity index (χ1) is 30.1. The summed E-state index contributed by atoms with van der Waals surface area (Å²) in [5, 5.41) is 6.73. The van der Waals surface area contributed by atoms with Crippen molar-refractivity contribution in [3.05, 3.63) is 173 Å². The number of hydrogen-bond acceptors (Lipinski definition) is 9. The zero-order chi connectivity index (χ0) is 43.8. The molecule has 312 valence electrons. The molecule has 8 rings (SSSR count). The van der Waals surface area contributed by atoms with Gasteiger partial charge in [0.15, 0.2) is 0 Å². The molecule has 2 N–H and O–H groups in total. The molecule has 0 aliphatic carbocycles. The summed E-state index contributed by atoms with van der Waals surface area (Å²) in [4.78, 5) is 60.0. The molecular weight excluding hydrogens is 785 g/mol. The Hall–Kier alpha value is -8.06. The maximum absolute atomic E-state index is 13.3. The molecule has 0 spiro atoms. The number of carbonyl (C=O) groups excluding carboxylic acids is 4. The van der Waals surface area contributed by atoms with Crippen LogP contribution in [-0.2, 0) is 22.7 Å². The van der Waals surface area contributed by atoms with E-state index < -0.39 is 23.4 Å². The lowest BCUT2D eigenvalue weighted by Gasteiger charge is -2.09. The zero-order valence-corrected chi connectivity index (χ0v) is 34.8. The zero-order valence-electron chi connectivity index (χ0n) is 34.8. The SMILES string of the molecule is COc1cc(NC(=O)C(=O)c2c(C)n(Cc3ccccc3)c3ccccc23)ccn1.COc1ccc2c(c1)c(C(=O)C(=O)Nc1ccnc(OC)c1)c(C)n2Cc1ccccc1. The minimum absolute atomic E-state index is 0.343. The Kier molecular flexibility index (Phi) is 12.8. The number of ketones is 2. The van der Waals surface area contributed by atoms with Gasteiger partial charge in [-0.15, -0.1) is 0 Å². The fourth-order valence-electron chi connectivity index (χ4n) is 7.33. The van der Waals surface area contributed by atoms with Gasteiger partial charge in [-0.2, -0.15) is 0 Å². The van der Waals surface area contributed by atoms with E-state index in [9.17, 15) is 19.2 Å². The Balaban J connectivity index is 0.000000187. The number of fused-ring (bicyclic) bond motifs is 2. The van der Waals surface area contributed by atoms with Crippen LogP contribution >= 0.6 is 0 Å². The van der Waals surface area contributed by atoms with Crippen molar-refractivity contribution in [1.82, 2.24) is 19.1 Å². The van der Waals surface area contributed by atoms with Crippen molar-refractivity contribution in [2.45, 2.75) is 26.9 Å². The molecule has 0 saturated carbocycles. The Morgan fingerprint density at radius 2 is 0.968 bits per heavy atom. The van der Waals surface area contributed by atoms with Crippen LogP contribution in [0.5, 0.6) is 17.5 Å². The summed E-state index contributed by atoms with van der Waals surface area (Å²) in [5.41, 5.74) is 7.11. The number of nitrogens with one attached hydrogen (secondary N) is 2. The van der Waals surface area contributed by atoms with Crippen LogP contribution in [0.1, 0.15) is 43.2 Å². The van der Waals surface area contributed by atoms with E-state index in [1.54, 1.807) is 37.4 Å². The molecule has 8 aromatic rings. The second kappa shape index (κ2) is 18.9. The molecule has 0 unspecified atom stereocenters. The Morgan fingerprint density at radius 3 is 1.45 bits per heavy atom. The van der Waals surface area contributed by atoms with Crippen molar-refractivity contribution in [2.24, 2.45) is 0 Å². The fraction of sp³-hybridized carbons (Fsp3) is 0.143. The van der Waals surface area contributed by atoms with Crippen LogP contribution in [-0.4, -0.2) is 63.8 Å². The van der Waals surface area contributed by atoms with Gasteiger partial charge in [-0.25, -0.2) is 9.97 Å². The quantitative estimate of drug-likeness (QED) is 0.0860. The number of nitrogens with zero attached hydrogens (tertiary/aromatic N) is 4. The minimum atomic E-state index is -0.733. The van der Waals surface area contributed by atoms with Gasteiger partial charge in [-0.05, 0) is 61.4 Å². The van der Waals surface area contributed by atoms with Gasteiger partial charge in [-0.1, -0.05) is 78.9 Å². The van der Waals surface area contributed by atoms with E-state index in [0.29, 0.717) is 64.2 Å². The minimum Gasteiger partial charge on any atom is -0.497 e. The van der Waals surface area contributed by atoms with Crippen molar-refractivity contribution < 1.29 is 33.4 Å². The molecule has 4 heterocycles. The van der Waals surface area contributed by atoms with Crippen LogP contribution in [0.25, 0.3) is 21.8 Å². The number of methoxy groups -OCH3 is 3. The molecular formula is C49H44N6O7. The van der Waals surface area contributed by atoms with Crippen LogP contribution < -0.4 is 24.8 Å². The summed E-state index contributed by atoms with van der Waals surface area (Å²) in [6, 6.07) is 39.5. The van der Waals surface area contributed by atoms with Gasteiger partial charge in [0, 0.05) is 82.2 Å². The number of pyridine rings is 2. The number of carbonyl (C=O) groups is 4. The first-order valence-corrected chi connectivity index (χ1v) is 19.6. The first-order valence-electron chi connectivity index (χ1n) is 19.6. The number of benzene rings is 4. The standard InChI is InChI=1S/C25H23N3O4.C24H21N3O3/c1-16-23(24(29)25(30)27-18-11-12-26-22(13-18)32-3)20-14-19(31-2)9-10-21(20)28(16)15-17-7-5-4-6-8-17;1-16-22(23(28)24(29)26-18-12-13-25-21(14-18)30-2)19-10-6-7-11-20(19)27(16)15-17-8-4-3-5-9-17/h4-14H,15H2,1-3H3,(H,26,27,30);3-14H,15H2,1-2H3,(H,25,26,29). The van der Waals surface area contributed by atoms with Gasteiger partial charge in [0.25, 0.3) is 23.4 Å². The number of Topliss-reactive ketones (excluding diaryl/α,β-unsaturated/α-hetero) is 2. The molecule has 62 heavy (non-hydrogen) atoms. The second-order valence-corrected chi connectivity index (χ2v) is 14.2. The van der Waals surface area contributed by atoms with Gasteiger partial charge in [-0.3, -0.25) is 19.2 Å². The van der Waals surface area contributed by atoms with E-state index in [4.69, 9.17) is 14.2 Å². The number of ether oxygens (including phenoxy) is 3. The molecule has 4 aromatic carbocycles. The van der Waals surface area contributed by atoms with E-state index in [1.807, 2.05) is 115 Å². The highest BCUT2D eigenvalue weighted by atomic mass is 16.5. The fourth-order valence-corrected chi connectivity index (χ4v) is 7.33. The number of para-hydroxylation sites is 1. The first kappa shape index (κ1) is 42.1. The van der Waals surface area contributed by atoms with Crippen molar-refractivity contribution >= 4 is 56.6 Å². The molecule has 0 aliphatic heterocycles. The Bertz CT molecular complexity index is 2920. The van der Waals surface area contributed by atoms with Crippen LogP contribution in [0, 0.1) is 13.8 Å². The number of rotatable bonds is 13. The lowest BCUT2D eigenvalue weighted by atomic mass is 10.1. The molecule has 0 saturated heterocycles. The summed E-state index contributed by atoms with van der Waals surface area (Å²) >= 11 is 0. The third kappa shape index (κ3) is 9.06. The third-order valence-electron chi connectivity index (χ3n) is 10.4. The maximum atomic E-state index is 13.3. The third-order valence-corrected chi connectivity index (χ3v) is 10.4. The highest BCUT2D eigenvalue weighted by Gasteiger charge is 2.27. The summed E-state index contributed by atoms with van der Waals surface area (Å²) < 4.78 is 19.6. The van der Waals surface area contributed by atoms with E-state index in [-0.39, 0.29) is 0 Å². The maximum Gasteiger partial charge on any atom is 0.296 e. The average Bonchev–Trinajstić information content (AvgIpc) is 3.74. The highest BCUT2D eigenvalue weighted by Crippen LogP contribution is 2.32.